The summed E-state index contributed by atoms with van der Waals surface area (Å²) in [5.74, 6) is -1.32. The van der Waals surface area contributed by atoms with Gasteiger partial charge in [0.1, 0.15) is 5.82 Å². The quantitative estimate of drug-likeness (QED) is 0.557. The van der Waals surface area contributed by atoms with E-state index in [1.807, 2.05) is 0 Å². The summed E-state index contributed by atoms with van der Waals surface area (Å²) in [5.41, 5.74) is 6.17. The van der Waals surface area contributed by atoms with E-state index in [-0.39, 0.29) is 36.6 Å². The highest BCUT2D eigenvalue weighted by molar-refractivity contribution is 6.23. The molecule has 0 unspecified atom stereocenters. The molecule has 3 rings (SSSR count). The zero-order chi connectivity index (χ0) is 22.6. The number of piperidine rings is 1. The number of alkyl halides is 3. The van der Waals surface area contributed by atoms with E-state index in [0.29, 0.717) is 36.1 Å². The van der Waals surface area contributed by atoms with Crippen LogP contribution in [0, 0.1) is 5.82 Å². The van der Waals surface area contributed by atoms with E-state index in [1.54, 1.807) is 12.1 Å². The number of amides is 1. The third-order valence-electron chi connectivity index (χ3n) is 4.72. The van der Waals surface area contributed by atoms with Crippen LogP contribution in [0.15, 0.2) is 53.3 Å². The summed E-state index contributed by atoms with van der Waals surface area (Å²) in [6, 6.07) is 5.50. The van der Waals surface area contributed by atoms with Crippen molar-refractivity contribution >= 4 is 17.3 Å². The van der Waals surface area contributed by atoms with Gasteiger partial charge in [0, 0.05) is 44.0 Å². The Morgan fingerprint density at radius 1 is 1.26 bits per heavy atom. The smallest absolute Gasteiger partial charge is 0.404 e. The molecule has 31 heavy (non-hydrogen) atoms. The van der Waals surface area contributed by atoms with E-state index in [0.717, 1.165) is 18.3 Å². The molecule has 3 N–H and O–H groups in total. The highest BCUT2D eigenvalue weighted by Gasteiger charge is 2.31. The van der Waals surface area contributed by atoms with Crippen LogP contribution < -0.4 is 5.73 Å². The molecule has 1 saturated heterocycles. The minimum absolute atomic E-state index is 0.0255. The molecule has 0 radical (unpaired) electrons. The van der Waals surface area contributed by atoms with Gasteiger partial charge in [-0.25, -0.2) is 4.39 Å². The summed E-state index contributed by atoms with van der Waals surface area (Å²) >= 11 is 0. The average molecular weight is 436 g/mol. The van der Waals surface area contributed by atoms with E-state index in [1.165, 1.54) is 11.1 Å². The second-order valence-corrected chi connectivity index (χ2v) is 6.93. The molecule has 1 aliphatic rings. The van der Waals surface area contributed by atoms with Crippen molar-refractivity contribution in [3.05, 3.63) is 70.9 Å². The van der Waals surface area contributed by atoms with Crippen LogP contribution >= 0.6 is 0 Å². The average Bonchev–Trinajstić information content (AvgIpc) is 2.70. The standard InChI is InChI=1S/C21H20F4N4O2/c22-15-8-13(7-14(10-15)21(23,24)25)9-17-11-16(1-3-27-17)28-19-2-4-29(5-6-30)20(31)18(19)12-26/h1,3,7-8,10-12,30H,2,4-6,9,26H2/b18-12+,28-19?. The largest absolute Gasteiger partial charge is 0.416 e. The fourth-order valence-corrected chi connectivity index (χ4v) is 3.30. The van der Waals surface area contributed by atoms with E-state index < -0.39 is 17.6 Å². The van der Waals surface area contributed by atoms with Gasteiger partial charge in [0.05, 0.1) is 29.1 Å². The van der Waals surface area contributed by atoms with Gasteiger partial charge in [0.2, 0.25) is 0 Å². The summed E-state index contributed by atoms with van der Waals surface area (Å²) in [4.78, 5) is 22.5. The Labute approximate surface area is 175 Å². The summed E-state index contributed by atoms with van der Waals surface area (Å²) in [7, 11) is 0. The number of β-amino-alcohol motifs (C(OH)–C–C–N with tert-alkyl or cyclic N) is 1. The number of nitrogens with two attached hydrogens (primary N) is 1. The summed E-state index contributed by atoms with van der Waals surface area (Å²) in [5, 5.41) is 9.06. The molecular formula is C21H20F4N4O2. The van der Waals surface area contributed by atoms with E-state index >= 15 is 0 Å². The van der Waals surface area contributed by atoms with Crippen LogP contribution in [0.4, 0.5) is 23.2 Å². The molecule has 0 spiro atoms. The summed E-state index contributed by atoms with van der Waals surface area (Å²) in [6.07, 6.45) is -1.65. The fraction of sp³-hybridized carbons (Fsp3) is 0.286. The van der Waals surface area contributed by atoms with Crippen LogP contribution in [0.5, 0.6) is 0 Å². The first kappa shape index (κ1) is 22.4. The third kappa shape index (κ3) is 5.46. The molecule has 10 heteroatoms. The van der Waals surface area contributed by atoms with Gasteiger partial charge in [-0.3, -0.25) is 14.8 Å². The van der Waals surface area contributed by atoms with Crippen LogP contribution in [-0.2, 0) is 17.4 Å². The van der Waals surface area contributed by atoms with Crippen molar-refractivity contribution in [2.75, 3.05) is 19.7 Å². The van der Waals surface area contributed by atoms with Gasteiger partial charge in [-0.05, 0) is 35.9 Å². The Kier molecular flexibility index (Phi) is 6.69. The molecule has 1 aromatic heterocycles. The van der Waals surface area contributed by atoms with E-state index in [9.17, 15) is 22.4 Å². The van der Waals surface area contributed by atoms with E-state index in [4.69, 9.17) is 10.8 Å². The van der Waals surface area contributed by atoms with Crippen LogP contribution in [0.2, 0.25) is 0 Å². The van der Waals surface area contributed by atoms with Gasteiger partial charge in [-0.1, -0.05) is 0 Å². The normalized spacial score (nSPS) is 17.6. The minimum atomic E-state index is -4.65. The molecule has 6 nitrogen and oxygen atoms in total. The number of carbonyl (C=O) groups excluding carboxylic acids is 1. The van der Waals surface area contributed by atoms with Gasteiger partial charge in [0.15, 0.2) is 0 Å². The second-order valence-electron chi connectivity index (χ2n) is 6.93. The van der Waals surface area contributed by atoms with Crippen molar-refractivity contribution < 1.29 is 27.5 Å². The number of carbonyl (C=O) groups is 1. The Morgan fingerprint density at radius 2 is 2.03 bits per heavy atom. The molecule has 0 aliphatic carbocycles. The Bertz CT molecular complexity index is 1030. The zero-order valence-corrected chi connectivity index (χ0v) is 16.4. The Hall–Kier alpha value is -3.27. The van der Waals surface area contributed by atoms with Gasteiger partial charge in [-0.2, -0.15) is 13.2 Å². The monoisotopic (exact) mass is 436 g/mol. The topological polar surface area (TPSA) is 91.8 Å². The van der Waals surface area contributed by atoms with Gasteiger partial charge < -0.3 is 15.7 Å². The minimum Gasteiger partial charge on any atom is -0.404 e. The molecule has 0 atom stereocenters. The van der Waals surface area contributed by atoms with Crippen LogP contribution in [0.1, 0.15) is 23.2 Å². The summed E-state index contributed by atoms with van der Waals surface area (Å²) in [6.45, 7) is 0.396. The fourth-order valence-electron chi connectivity index (χ4n) is 3.30. The highest BCUT2D eigenvalue weighted by atomic mass is 19.4. The molecular weight excluding hydrogens is 416 g/mol. The number of likely N-dealkylation sites (tertiary alicyclic amines) is 1. The predicted molar refractivity (Wildman–Crippen MR) is 106 cm³/mol. The molecule has 1 aromatic carbocycles. The van der Waals surface area contributed by atoms with Crippen molar-refractivity contribution in [3.63, 3.8) is 0 Å². The SMILES string of the molecule is N/C=C1/C(=O)N(CCO)CCC1=Nc1ccnc(Cc2cc(F)cc(C(F)(F)F)c2)c1. The van der Waals surface area contributed by atoms with Crippen molar-refractivity contribution in [1.82, 2.24) is 9.88 Å². The van der Waals surface area contributed by atoms with Gasteiger partial charge >= 0.3 is 6.18 Å². The van der Waals surface area contributed by atoms with E-state index in [2.05, 4.69) is 9.98 Å². The molecule has 2 aromatic rings. The first-order valence-electron chi connectivity index (χ1n) is 9.43. The lowest BCUT2D eigenvalue weighted by Gasteiger charge is -2.28. The molecule has 1 aliphatic heterocycles. The van der Waals surface area contributed by atoms with Gasteiger partial charge in [-0.15, -0.1) is 0 Å². The Morgan fingerprint density at radius 3 is 2.71 bits per heavy atom. The number of rotatable bonds is 5. The number of nitrogens with zero attached hydrogens (tertiary/aromatic N) is 3. The number of halogens is 4. The lowest BCUT2D eigenvalue weighted by Crippen LogP contribution is -2.42. The number of aromatic nitrogens is 1. The van der Waals surface area contributed by atoms with Crippen molar-refractivity contribution in [3.8, 4) is 0 Å². The molecule has 1 fully saturated rings. The van der Waals surface area contributed by atoms with Crippen molar-refractivity contribution in [2.45, 2.75) is 19.0 Å². The molecule has 0 bridgehead atoms. The van der Waals surface area contributed by atoms with Gasteiger partial charge in [0.25, 0.3) is 5.91 Å². The summed E-state index contributed by atoms with van der Waals surface area (Å²) < 4.78 is 52.4. The molecule has 2 heterocycles. The maximum Gasteiger partial charge on any atom is 0.416 e. The van der Waals surface area contributed by atoms with Crippen LogP contribution in [-0.4, -0.2) is 46.3 Å². The number of aliphatic hydroxyl groups excluding tert-OH is 1. The molecule has 0 saturated carbocycles. The van der Waals surface area contributed by atoms with Crippen LogP contribution in [0.25, 0.3) is 0 Å². The lowest BCUT2D eigenvalue weighted by atomic mass is 10.0. The van der Waals surface area contributed by atoms with Crippen molar-refractivity contribution in [1.29, 1.82) is 0 Å². The number of aliphatic imine (C=N–C) groups is 1. The van der Waals surface area contributed by atoms with Crippen molar-refractivity contribution in [2.24, 2.45) is 10.7 Å². The van der Waals surface area contributed by atoms with Crippen LogP contribution in [0.3, 0.4) is 0 Å². The Balaban J connectivity index is 1.84. The molecule has 1 amide bonds. The number of hydrogen-bond donors (Lipinski definition) is 2. The first-order chi connectivity index (χ1) is 14.7. The maximum atomic E-state index is 13.6. The number of aliphatic hydroxyl groups is 1. The number of benzene rings is 1. The second kappa shape index (κ2) is 9.25. The predicted octanol–water partition coefficient (Wildman–Crippen LogP) is 2.97. The first-order valence-corrected chi connectivity index (χ1v) is 9.43. The molecule has 164 valence electrons. The maximum absolute atomic E-state index is 13.6. The number of pyridine rings is 1. The lowest BCUT2D eigenvalue weighted by molar-refractivity contribution is -0.137. The number of hydrogen-bond acceptors (Lipinski definition) is 5. The third-order valence-corrected chi connectivity index (χ3v) is 4.72. The zero-order valence-electron chi connectivity index (χ0n) is 16.4. The highest BCUT2D eigenvalue weighted by Crippen LogP contribution is 2.31.